The van der Waals surface area contributed by atoms with E-state index in [4.69, 9.17) is 5.11 Å². The van der Waals surface area contributed by atoms with Crippen LogP contribution in [0.3, 0.4) is 0 Å². The number of aldehydes is 1. The molecule has 0 fully saturated rings. The van der Waals surface area contributed by atoms with Gasteiger partial charge >= 0.3 is 5.97 Å². The first kappa shape index (κ1) is 12.9. The van der Waals surface area contributed by atoms with Crippen LogP contribution in [-0.4, -0.2) is 21.9 Å². The number of aromatic nitrogens is 1. The molecule has 0 unspecified atom stereocenters. The second kappa shape index (κ2) is 4.96. The summed E-state index contributed by atoms with van der Waals surface area (Å²) in [5.74, 6) is -0.748. The van der Waals surface area contributed by atoms with Crippen LogP contribution in [0.25, 0.3) is 0 Å². The van der Waals surface area contributed by atoms with Crippen molar-refractivity contribution >= 4 is 12.3 Å². The first-order chi connectivity index (χ1) is 8.63. The van der Waals surface area contributed by atoms with Crippen molar-refractivity contribution in [2.24, 2.45) is 0 Å². The van der Waals surface area contributed by atoms with E-state index in [-0.39, 0.29) is 11.8 Å². The SMILES string of the molecule is CC[C@]1(CCC(=O)O)CCCn2c(C=O)ccc21. The fourth-order valence-electron chi connectivity index (χ4n) is 3.14. The van der Waals surface area contributed by atoms with Crippen LogP contribution in [0.15, 0.2) is 12.1 Å². The van der Waals surface area contributed by atoms with Crippen LogP contribution in [-0.2, 0) is 16.8 Å². The largest absolute Gasteiger partial charge is 0.481 e. The van der Waals surface area contributed by atoms with Gasteiger partial charge in [-0.05, 0) is 37.8 Å². The number of nitrogens with zero attached hydrogens (tertiary/aromatic N) is 1. The van der Waals surface area contributed by atoms with E-state index in [9.17, 15) is 9.59 Å². The van der Waals surface area contributed by atoms with Gasteiger partial charge in [0, 0.05) is 24.1 Å². The molecule has 0 bridgehead atoms. The predicted molar refractivity (Wildman–Crippen MR) is 67.9 cm³/mol. The second-order valence-electron chi connectivity index (χ2n) is 5.04. The Bertz CT molecular complexity index is 464. The number of fused-ring (bicyclic) bond motifs is 1. The van der Waals surface area contributed by atoms with Gasteiger partial charge in [0.05, 0.1) is 5.69 Å². The summed E-state index contributed by atoms with van der Waals surface area (Å²) in [4.78, 5) is 21.8. The zero-order valence-electron chi connectivity index (χ0n) is 10.7. The highest BCUT2D eigenvalue weighted by Crippen LogP contribution is 2.41. The maximum atomic E-state index is 11.0. The van der Waals surface area contributed by atoms with E-state index < -0.39 is 5.97 Å². The summed E-state index contributed by atoms with van der Waals surface area (Å²) < 4.78 is 2.06. The number of hydrogen-bond donors (Lipinski definition) is 1. The summed E-state index contributed by atoms with van der Waals surface area (Å²) in [6.45, 7) is 2.97. The molecule has 0 aromatic carbocycles. The molecular formula is C14H19NO3. The molecule has 0 spiro atoms. The van der Waals surface area contributed by atoms with Crippen LogP contribution in [0.2, 0.25) is 0 Å². The summed E-state index contributed by atoms with van der Waals surface area (Å²) in [5, 5.41) is 8.89. The summed E-state index contributed by atoms with van der Waals surface area (Å²) in [6, 6.07) is 3.84. The smallest absolute Gasteiger partial charge is 0.303 e. The monoisotopic (exact) mass is 249 g/mol. The minimum atomic E-state index is -0.748. The fourth-order valence-corrected chi connectivity index (χ4v) is 3.14. The summed E-state index contributed by atoms with van der Waals surface area (Å²) in [5.41, 5.74) is 1.77. The molecule has 98 valence electrons. The van der Waals surface area contributed by atoms with Crippen LogP contribution < -0.4 is 0 Å². The zero-order chi connectivity index (χ0) is 13.2. The van der Waals surface area contributed by atoms with Crippen LogP contribution in [0.4, 0.5) is 0 Å². The van der Waals surface area contributed by atoms with Gasteiger partial charge in [0.2, 0.25) is 0 Å². The maximum absolute atomic E-state index is 11.0. The summed E-state index contributed by atoms with van der Waals surface area (Å²) in [6.07, 6.45) is 4.67. The third-order valence-electron chi connectivity index (χ3n) is 4.21. The normalized spacial score (nSPS) is 22.5. The topological polar surface area (TPSA) is 59.3 Å². The van der Waals surface area contributed by atoms with Crippen molar-refractivity contribution in [2.45, 2.75) is 51.0 Å². The highest BCUT2D eigenvalue weighted by molar-refractivity contribution is 5.73. The number of aliphatic carboxylic acids is 1. The number of hydrogen-bond acceptors (Lipinski definition) is 2. The molecule has 0 amide bonds. The molecule has 1 aromatic heterocycles. The van der Waals surface area contributed by atoms with Gasteiger partial charge in [0.15, 0.2) is 6.29 Å². The lowest BCUT2D eigenvalue weighted by Crippen LogP contribution is -2.34. The second-order valence-corrected chi connectivity index (χ2v) is 5.04. The van der Waals surface area contributed by atoms with Crippen LogP contribution in [0.1, 0.15) is 55.2 Å². The lowest BCUT2D eigenvalue weighted by molar-refractivity contribution is -0.137. The molecular weight excluding hydrogens is 230 g/mol. The molecule has 1 aliphatic rings. The average molecular weight is 249 g/mol. The van der Waals surface area contributed by atoms with E-state index in [0.717, 1.165) is 37.8 Å². The number of carboxylic acids is 1. The van der Waals surface area contributed by atoms with Gasteiger partial charge < -0.3 is 9.67 Å². The molecule has 2 heterocycles. The van der Waals surface area contributed by atoms with Crippen molar-refractivity contribution in [1.82, 2.24) is 4.57 Å². The van der Waals surface area contributed by atoms with E-state index in [0.29, 0.717) is 12.1 Å². The number of carbonyl (C=O) groups is 2. The fraction of sp³-hybridized carbons (Fsp3) is 0.571. The highest BCUT2D eigenvalue weighted by atomic mass is 16.4. The Balaban J connectivity index is 2.36. The standard InChI is InChI=1S/C14H19NO3/c1-2-14(8-6-13(17)18)7-3-9-15-11(10-16)4-5-12(14)15/h4-5,10H,2-3,6-9H2,1H3,(H,17,18)/t14-/m1/s1. The maximum Gasteiger partial charge on any atom is 0.303 e. The molecule has 4 nitrogen and oxygen atoms in total. The van der Waals surface area contributed by atoms with Gasteiger partial charge in [-0.2, -0.15) is 0 Å². The molecule has 1 N–H and O–H groups in total. The van der Waals surface area contributed by atoms with E-state index in [1.807, 2.05) is 12.1 Å². The van der Waals surface area contributed by atoms with Crippen LogP contribution in [0, 0.1) is 0 Å². The molecule has 1 aromatic rings. The Morgan fingerprint density at radius 1 is 1.56 bits per heavy atom. The van der Waals surface area contributed by atoms with Gasteiger partial charge in [0.25, 0.3) is 0 Å². The van der Waals surface area contributed by atoms with Crippen LogP contribution >= 0.6 is 0 Å². The number of rotatable bonds is 5. The van der Waals surface area contributed by atoms with E-state index in [1.165, 1.54) is 0 Å². The van der Waals surface area contributed by atoms with E-state index in [2.05, 4.69) is 11.5 Å². The summed E-state index contributed by atoms with van der Waals surface area (Å²) in [7, 11) is 0. The first-order valence-electron chi connectivity index (χ1n) is 6.50. The molecule has 4 heteroatoms. The van der Waals surface area contributed by atoms with Gasteiger partial charge in [-0.3, -0.25) is 9.59 Å². The molecule has 0 radical (unpaired) electrons. The highest BCUT2D eigenvalue weighted by Gasteiger charge is 2.36. The Morgan fingerprint density at radius 2 is 2.33 bits per heavy atom. The van der Waals surface area contributed by atoms with Crippen molar-refractivity contribution in [3.8, 4) is 0 Å². The molecule has 0 aliphatic carbocycles. The van der Waals surface area contributed by atoms with Crippen molar-refractivity contribution < 1.29 is 14.7 Å². The molecule has 0 saturated heterocycles. The first-order valence-corrected chi connectivity index (χ1v) is 6.50. The minimum Gasteiger partial charge on any atom is -0.481 e. The van der Waals surface area contributed by atoms with E-state index >= 15 is 0 Å². The Hall–Kier alpha value is -1.58. The van der Waals surface area contributed by atoms with Crippen molar-refractivity contribution in [3.63, 3.8) is 0 Å². The van der Waals surface area contributed by atoms with Gasteiger partial charge in [0.1, 0.15) is 0 Å². The molecule has 18 heavy (non-hydrogen) atoms. The number of carboxylic acid groups (broad SMARTS) is 1. The van der Waals surface area contributed by atoms with Crippen LogP contribution in [0.5, 0.6) is 0 Å². The predicted octanol–water partition coefficient (Wildman–Crippen LogP) is 2.61. The third-order valence-corrected chi connectivity index (χ3v) is 4.21. The lowest BCUT2D eigenvalue weighted by Gasteiger charge is -2.38. The molecule has 0 saturated carbocycles. The quantitative estimate of drug-likeness (QED) is 0.816. The summed E-state index contributed by atoms with van der Waals surface area (Å²) >= 11 is 0. The minimum absolute atomic E-state index is 0.0715. The zero-order valence-corrected chi connectivity index (χ0v) is 10.7. The number of carbonyl (C=O) groups excluding carboxylic acids is 1. The molecule has 1 atom stereocenters. The van der Waals surface area contributed by atoms with Crippen molar-refractivity contribution in [2.75, 3.05) is 0 Å². The van der Waals surface area contributed by atoms with Gasteiger partial charge in [-0.15, -0.1) is 0 Å². The van der Waals surface area contributed by atoms with Crippen molar-refractivity contribution in [3.05, 3.63) is 23.5 Å². The van der Waals surface area contributed by atoms with Gasteiger partial charge in [-0.1, -0.05) is 6.92 Å². The average Bonchev–Trinajstić information content (AvgIpc) is 2.80. The van der Waals surface area contributed by atoms with E-state index in [1.54, 1.807) is 0 Å². The van der Waals surface area contributed by atoms with Gasteiger partial charge in [-0.25, -0.2) is 0 Å². The molecule has 2 rings (SSSR count). The third kappa shape index (κ3) is 2.07. The molecule has 1 aliphatic heterocycles. The Morgan fingerprint density at radius 3 is 2.94 bits per heavy atom. The lowest BCUT2D eigenvalue weighted by atomic mass is 9.72. The van der Waals surface area contributed by atoms with Crippen molar-refractivity contribution in [1.29, 1.82) is 0 Å². The Labute approximate surface area is 107 Å². The Kier molecular flexibility index (Phi) is 3.55.